The summed E-state index contributed by atoms with van der Waals surface area (Å²) in [5.41, 5.74) is 4.21. The number of imidazole rings is 1. The second-order valence-corrected chi connectivity index (χ2v) is 10.9. The maximum atomic E-state index is 14.6. The lowest BCUT2D eigenvalue weighted by Gasteiger charge is -2.43. The lowest BCUT2D eigenvalue weighted by molar-refractivity contribution is 0.0516. The fourth-order valence-electron chi connectivity index (χ4n) is 4.91. The molecule has 1 N–H and O–H groups in total. The molecular formula is C29H31F2N5O2. The van der Waals surface area contributed by atoms with Crippen LogP contribution in [0.4, 0.5) is 19.3 Å². The molecule has 1 aliphatic rings. The van der Waals surface area contributed by atoms with Gasteiger partial charge in [0.2, 0.25) is 0 Å². The summed E-state index contributed by atoms with van der Waals surface area (Å²) in [6.07, 6.45) is 3.00. The van der Waals surface area contributed by atoms with Crippen LogP contribution in [0.5, 0.6) is 0 Å². The SMILES string of the molecule is Cc1cc(F)cc(-c2cncc(-c3nc4c(F)cccc4n3C)c2N2CC(CNC(=O)OC(C)(C)C)C2)c1. The first-order chi connectivity index (χ1) is 18.0. The van der Waals surface area contributed by atoms with Gasteiger partial charge >= 0.3 is 6.09 Å². The Labute approximate surface area is 220 Å². The van der Waals surface area contributed by atoms with Crippen molar-refractivity contribution in [3.63, 3.8) is 0 Å². The van der Waals surface area contributed by atoms with E-state index in [9.17, 15) is 13.6 Å². The summed E-state index contributed by atoms with van der Waals surface area (Å²) in [5.74, 6) is 0.0404. The Morgan fingerprint density at radius 3 is 2.55 bits per heavy atom. The Kier molecular flexibility index (Phi) is 6.54. The highest BCUT2D eigenvalue weighted by Gasteiger charge is 2.32. The standard InChI is InChI=1S/C29H31F2N5O2/c1-17-9-19(11-20(30)10-17)21-13-32-14-22(27-34-25-23(31)7-6-8-24(25)35(27)5)26(21)36-15-18(16-36)12-33-28(37)38-29(2,3)4/h6-11,13-14,18H,12,15-16H2,1-5H3,(H,33,37). The van der Waals surface area contributed by atoms with E-state index in [1.807, 2.05) is 51.4 Å². The highest BCUT2D eigenvalue weighted by atomic mass is 19.1. The summed E-state index contributed by atoms with van der Waals surface area (Å²) in [7, 11) is 1.84. The minimum absolute atomic E-state index is 0.198. The first kappa shape index (κ1) is 25.6. The number of ether oxygens (including phenoxy) is 1. The average molecular weight is 520 g/mol. The molecule has 0 aliphatic carbocycles. The van der Waals surface area contributed by atoms with Crippen molar-refractivity contribution in [2.75, 3.05) is 24.5 Å². The largest absolute Gasteiger partial charge is 0.444 e. The van der Waals surface area contributed by atoms with E-state index < -0.39 is 17.5 Å². The van der Waals surface area contributed by atoms with Crippen LogP contribution >= 0.6 is 0 Å². The predicted octanol–water partition coefficient (Wildman–Crippen LogP) is 5.85. The number of para-hydroxylation sites is 1. The van der Waals surface area contributed by atoms with Crippen LogP contribution in [0.2, 0.25) is 0 Å². The van der Waals surface area contributed by atoms with Gasteiger partial charge in [0.25, 0.3) is 0 Å². The maximum Gasteiger partial charge on any atom is 0.407 e. The molecule has 1 amide bonds. The molecule has 5 rings (SSSR count). The van der Waals surface area contributed by atoms with Crippen LogP contribution in [0.3, 0.4) is 0 Å². The number of anilines is 1. The van der Waals surface area contributed by atoms with Gasteiger partial charge in [-0.1, -0.05) is 12.1 Å². The molecule has 198 valence electrons. The molecule has 4 aromatic rings. The number of nitrogens with one attached hydrogen (secondary N) is 1. The molecule has 3 heterocycles. The van der Waals surface area contributed by atoms with Crippen LogP contribution in [0.1, 0.15) is 26.3 Å². The van der Waals surface area contributed by atoms with Crippen LogP contribution < -0.4 is 10.2 Å². The van der Waals surface area contributed by atoms with Crippen molar-refractivity contribution >= 4 is 22.8 Å². The number of carbonyl (C=O) groups excluding carboxylic acids is 1. The molecule has 0 radical (unpaired) electrons. The fourth-order valence-corrected chi connectivity index (χ4v) is 4.91. The van der Waals surface area contributed by atoms with E-state index in [0.29, 0.717) is 36.5 Å². The Morgan fingerprint density at radius 1 is 1.13 bits per heavy atom. The molecule has 2 aromatic heterocycles. The normalized spacial score (nSPS) is 14.0. The second kappa shape index (κ2) is 9.70. The zero-order chi connectivity index (χ0) is 27.2. The molecule has 1 aliphatic heterocycles. The Balaban J connectivity index is 1.52. The monoisotopic (exact) mass is 519 g/mol. The molecule has 1 saturated heterocycles. The molecular weight excluding hydrogens is 488 g/mol. The van der Waals surface area contributed by atoms with Crippen molar-refractivity contribution in [2.45, 2.75) is 33.3 Å². The number of pyridine rings is 1. The number of halogens is 2. The Bertz CT molecular complexity index is 1500. The summed E-state index contributed by atoms with van der Waals surface area (Å²) in [6, 6.07) is 9.77. The summed E-state index contributed by atoms with van der Waals surface area (Å²) in [5, 5.41) is 2.85. The lowest BCUT2D eigenvalue weighted by Crippen LogP contribution is -2.52. The highest BCUT2D eigenvalue weighted by Crippen LogP contribution is 2.42. The van der Waals surface area contributed by atoms with Gasteiger partial charge in [0.15, 0.2) is 5.82 Å². The number of hydrogen-bond acceptors (Lipinski definition) is 5. The van der Waals surface area contributed by atoms with Crippen LogP contribution in [0.15, 0.2) is 48.8 Å². The Hall–Kier alpha value is -4.01. The van der Waals surface area contributed by atoms with E-state index in [0.717, 1.165) is 22.4 Å². The maximum absolute atomic E-state index is 14.6. The third kappa shape index (κ3) is 5.05. The minimum atomic E-state index is -0.565. The second-order valence-electron chi connectivity index (χ2n) is 10.9. The predicted molar refractivity (Wildman–Crippen MR) is 144 cm³/mol. The van der Waals surface area contributed by atoms with E-state index in [2.05, 4.69) is 20.2 Å². The van der Waals surface area contributed by atoms with E-state index in [1.54, 1.807) is 18.5 Å². The number of benzene rings is 2. The number of alkyl carbamates (subject to hydrolysis) is 1. The zero-order valence-electron chi connectivity index (χ0n) is 22.2. The molecule has 1 fully saturated rings. The van der Waals surface area contributed by atoms with Gasteiger partial charge in [-0.05, 0) is 63.1 Å². The van der Waals surface area contributed by atoms with Crippen LogP contribution in [-0.2, 0) is 11.8 Å². The van der Waals surface area contributed by atoms with E-state index in [1.165, 1.54) is 18.2 Å². The van der Waals surface area contributed by atoms with Gasteiger partial charge in [0.1, 0.15) is 22.8 Å². The molecule has 0 saturated carbocycles. The van der Waals surface area contributed by atoms with Crippen molar-refractivity contribution in [3.8, 4) is 22.5 Å². The first-order valence-corrected chi connectivity index (χ1v) is 12.6. The zero-order valence-corrected chi connectivity index (χ0v) is 22.2. The highest BCUT2D eigenvalue weighted by molar-refractivity contribution is 5.92. The number of rotatable bonds is 5. The molecule has 9 heteroatoms. The molecule has 0 spiro atoms. The molecule has 0 unspecified atom stereocenters. The topological polar surface area (TPSA) is 72.3 Å². The number of amides is 1. The molecule has 38 heavy (non-hydrogen) atoms. The van der Waals surface area contributed by atoms with E-state index in [4.69, 9.17) is 4.74 Å². The van der Waals surface area contributed by atoms with E-state index in [-0.39, 0.29) is 17.3 Å². The van der Waals surface area contributed by atoms with Crippen molar-refractivity contribution < 1.29 is 18.3 Å². The number of aryl methyl sites for hydroxylation is 2. The van der Waals surface area contributed by atoms with Crippen molar-refractivity contribution in [1.29, 1.82) is 0 Å². The third-order valence-electron chi connectivity index (χ3n) is 6.58. The van der Waals surface area contributed by atoms with Gasteiger partial charge in [-0.15, -0.1) is 0 Å². The number of aromatic nitrogens is 3. The molecule has 0 atom stereocenters. The van der Waals surface area contributed by atoms with Crippen LogP contribution in [-0.4, -0.2) is 45.9 Å². The number of carbonyl (C=O) groups is 1. The van der Waals surface area contributed by atoms with Gasteiger partial charge in [-0.3, -0.25) is 4.98 Å². The first-order valence-electron chi connectivity index (χ1n) is 12.6. The number of fused-ring (bicyclic) bond motifs is 1. The van der Waals surface area contributed by atoms with Gasteiger partial charge < -0.3 is 19.5 Å². The van der Waals surface area contributed by atoms with Crippen molar-refractivity contribution in [3.05, 3.63) is 66.0 Å². The van der Waals surface area contributed by atoms with Crippen LogP contribution in [0.25, 0.3) is 33.5 Å². The summed E-state index contributed by atoms with van der Waals surface area (Å²) in [6.45, 7) is 9.11. The van der Waals surface area contributed by atoms with Gasteiger partial charge in [0, 0.05) is 50.6 Å². The van der Waals surface area contributed by atoms with Crippen molar-refractivity contribution in [2.24, 2.45) is 13.0 Å². The molecule has 2 aromatic carbocycles. The number of hydrogen-bond donors (Lipinski definition) is 1. The average Bonchev–Trinajstić information content (AvgIpc) is 3.14. The third-order valence-corrected chi connectivity index (χ3v) is 6.58. The molecule has 0 bridgehead atoms. The van der Waals surface area contributed by atoms with Gasteiger partial charge in [0.05, 0.1) is 16.8 Å². The van der Waals surface area contributed by atoms with Crippen molar-refractivity contribution in [1.82, 2.24) is 19.9 Å². The van der Waals surface area contributed by atoms with Gasteiger partial charge in [-0.2, -0.15) is 0 Å². The van der Waals surface area contributed by atoms with E-state index >= 15 is 0 Å². The number of nitrogens with zero attached hydrogens (tertiary/aromatic N) is 4. The fraction of sp³-hybridized carbons (Fsp3) is 0.345. The van der Waals surface area contributed by atoms with Crippen LogP contribution in [0, 0.1) is 24.5 Å². The summed E-state index contributed by atoms with van der Waals surface area (Å²) >= 11 is 0. The summed E-state index contributed by atoms with van der Waals surface area (Å²) < 4.78 is 36.2. The smallest absolute Gasteiger partial charge is 0.407 e. The Morgan fingerprint density at radius 2 is 1.87 bits per heavy atom. The quantitative estimate of drug-likeness (QED) is 0.358. The lowest BCUT2D eigenvalue weighted by atomic mass is 9.93. The molecule has 7 nitrogen and oxygen atoms in total. The van der Waals surface area contributed by atoms with Gasteiger partial charge in [-0.25, -0.2) is 18.6 Å². The summed E-state index contributed by atoms with van der Waals surface area (Å²) in [4.78, 5) is 23.4. The minimum Gasteiger partial charge on any atom is -0.444 e.